The van der Waals surface area contributed by atoms with E-state index in [1.165, 1.54) is 6.20 Å². The van der Waals surface area contributed by atoms with Gasteiger partial charge in [-0.05, 0) is 0 Å². The van der Waals surface area contributed by atoms with Gasteiger partial charge in [0.2, 0.25) is 0 Å². The van der Waals surface area contributed by atoms with Crippen LogP contribution in [-0.2, 0) is 11.4 Å². The van der Waals surface area contributed by atoms with Crippen molar-refractivity contribution in [1.29, 1.82) is 0 Å². The van der Waals surface area contributed by atoms with Gasteiger partial charge in [-0.15, -0.1) is 0 Å². The van der Waals surface area contributed by atoms with Crippen LogP contribution in [0.4, 0.5) is 5.82 Å². The Morgan fingerprint density at radius 2 is 2.29 bits per heavy atom. The number of nitrogens with one attached hydrogen (secondary N) is 2. The zero-order valence-electron chi connectivity index (χ0n) is 7.15. The van der Waals surface area contributed by atoms with E-state index in [9.17, 15) is 9.59 Å². The highest BCUT2D eigenvalue weighted by atomic mass is 16.3. The minimum Gasteiger partial charge on any atom is -0.391 e. The molecule has 0 aliphatic rings. The molecule has 0 aromatic carbocycles. The molecule has 1 rings (SSSR count). The van der Waals surface area contributed by atoms with Gasteiger partial charge in [0, 0.05) is 11.8 Å². The smallest absolute Gasteiger partial charge is 0.346 e. The van der Waals surface area contributed by atoms with E-state index in [4.69, 9.17) is 10.2 Å². The van der Waals surface area contributed by atoms with Crippen LogP contribution in [0.5, 0.6) is 0 Å². The van der Waals surface area contributed by atoms with Gasteiger partial charge in [0.25, 0.3) is 5.91 Å². The minimum atomic E-state index is -0.709. The summed E-state index contributed by atoms with van der Waals surface area (Å²) in [5, 5.41) is 19.4. The second kappa shape index (κ2) is 4.49. The molecule has 0 saturated carbocycles. The van der Waals surface area contributed by atoms with Crippen LogP contribution in [0.25, 0.3) is 0 Å². The van der Waals surface area contributed by atoms with Gasteiger partial charge in [-0.1, -0.05) is 0 Å². The van der Waals surface area contributed by atoms with Crippen molar-refractivity contribution in [3.8, 4) is 0 Å². The summed E-state index contributed by atoms with van der Waals surface area (Å²) < 4.78 is 0. The van der Waals surface area contributed by atoms with Crippen LogP contribution in [0.3, 0.4) is 0 Å². The van der Waals surface area contributed by atoms with Crippen molar-refractivity contribution in [2.24, 2.45) is 0 Å². The van der Waals surface area contributed by atoms with Crippen LogP contribution in [0.15, 0.2) is 11.0 Å². The van der Waals surface area contributed by atoms with E-state index < -0.39 is 18.2 Å². The SMILES string of the molecule is O=C(CO)Nc1nc(=O)[nH]cc1CO. The third-order valence-electron chi connectivity index (χ3n) is 1.46. The van der Waals surface area contributed by atoms with E-state index in [0.29, 0.717) is 0 Å². The molecule has 1 aromatic heterocycles. The van der Waals surface area contributed by atoms with Gasteiger partial charge in [0.05, 0.1) is 6.61 Å². The maximum atomic E-state index is 10.8. The quantitative estimate of drug-likeness (QED) is 0.458. The molecule has 0 radical (unpaired) electrons. The number of H-pyrrole nitrogens is 1. The molecule has 76 valence electrons. The summed E-state index contributed by atoms with van der Waals surface area (Å²) >= 11 is 0. The number of carbonyl (C=O) groups excluding carboxylic acids is 1. The van der Waals surface area contributed by atoms with Crippen molar-refractivity contribution in [3.05, 3.63) is 22.2 Å². The molecule has 0 aliphatic heterocycles. The standard InChI is InChI=1S/C7H9N3O4/c11-2-4-1-8-7(14)10-6(4)9-5(13)3-12/h1,11-12H,2-3H2,(H2,8,9,10,13,14). The molecule has 0 fully saturated rings. The van der Waals surface area contributed by atoms with Crippen molar-refractivity contribution in [3.63, 3.8) is 0 Å². The Kier molecular flexibility index (Phi) is 3.32. The fourth-order valence-corrected chi connectivity index (χ4v) is 0.823. The number of anilines is 1. The minimum absolute atomic E-state index is 0.0460. The lowest BCUT2D eigenvalue weighted by Crippen LogP contribution is -2.21. The zero-order valence-corrected chi connectivity index (χ0v) is 7.15. The molecule has 0 saturated heterocycles. The molecule has 14 heavy (non-hydrogen) atoms. The van der Waals surface area contributed by atoms with Gasteiger partial charge in [-0.3, -0.25) is 4.79 Å². The van der Waals surface area contributed by atoms with Gasteiger partial charge >= 0.3 is 5.69 Å². The predicted molar refractivity (Wildman–Crippen MR) is 46.5 cm³/mol. The lowest BCUT2D eigenvalue weighted by molar-refractivity contribution is -0.118. The molecule has 7 heteroatoms. The summed E-state index contributed by atoms with van der Waals surface area (Å²) in [6.07, 6.45) is 1.24. The number of amides is 1. The number of aliphatic hydroxyl groups is 2. The van der Waals surface area contributed by atoms with Crippen LogP contribution in [0.1, 0.15) is 5.56 Å². The Balaban J connectivity index is 2.99. The average Bonchev–Trinajstić information content (AvgIpc) is 2.18. The first-order valence-corrected chi connectivity index (χ1v) is 3.77. The first-order valence-electron chi connectivity index (χ1n) is 3.77. The number of carbonyl (C=O) groups is 1. The third-order valence-corrected chi connectivity index (χ3v) is 1.46. The Labute approximate surface area is 78.4 Å². The molecular weight excluding hydrogens is 190 g/mol. The first-order chi connectivity index (χ1) is 6.67. The summed E-state index contributed by atoms with van der Waals surface area (Å²) in [4.78, 5) is 27.2. The zero-order chi connectivity index (χ0) is 10.6. The number of rotatable bonds is 3. The molecular formula is C7H9N3O4. The number of hydrogen-bond acceptors (Lipinski definition) is 5. The van der Waals surface area contributed by atoms with Crippen molar-refractivity contribution in [1.82, 2.24) is 9.97 Å². The molecule has 0 bridgehead atoms. The fourth-order valence-electron chi connectivity index (χ4n) is 0.823. The van der Waals surface area contributed by atoms with Crippen LogP contribution in [0, 0.1) is 0 Å². The number of aromatic amines is 1. The Hall–Kier alpha value is -1.73. The average molecular weight is 199 g/mol. The van der Waals surface area contributed by atoms with Gasteiger partial charge in [-0.2, -0.15) is 4.98 Å². The largest absolute Gasteiger partial charge is 0.391 e. The molecule has 1 aromatic rings. The molecule has 0 atom stereocenters. The molecule has 4 N–H and O–H groups in total. The Morgan fingerprint density at radius 3 is 2.86 bits per heavy atom. The predicted octanol–water partition coefficient (Wildman–Crippen LogP) is -1.81. The first kappa shape index (κ1) is 10.4. The van der Waals surface area contributed by atoms with Crippen LogP contribution in [0.2, 0.25) is 0 Å². The van der Waals surface area contributed by atoms with E-state index in [0.717, 1.165) is 0 Å². The summed E-state index contributed by atoms with van der Waals surface area (Å²) in [7, 11) is 0. The molecule has 7 nitrogen and oxygen atoms in total. The number of aromatic nitrogens is 2. The lowest BCUT2D eigenvalue weighted by atomic mass is 10.3. The monoisotopic (exact) mass is 199 g/mol. The molecule has 1 heterocycles. The lowest BCUT2D eigenvalue weighted by Gasteiger charge is -2.05. The van der Waals surface area contributed by atoms with Crippen molar-refractivity contribution >= 4 is 11.7 Å². The van der Waals surface area contributed by atoms with E-state index >= 15 is 0 Å². The van der Waals surface area contributed by atoms with Gasteiger partial charge in [0.15, 0.2) is 0 Å². The maximum absolute atomic E-state index is 10.8. The van der Waals surface area contributed by atoms with Crippen molar-refractivity contribution < 1.29 is 15.0 Å². The Bertz CT molecular complexity index is 387. The third kappa shape index (κ3) is 2.38. The van der Waals surface area contributed by atoms with E-state index in [1.807, 2.05) is 0 Å². The number of nitrogens with zero attached hydrogens (tertiary/aromatic N) is 1. The highest BCUT2D eigenvalue weighted by Gasteiger charge is 2.07. The van der Waals surface area contributed by atoms with Crippen LogP contribution >= 0.6 is 0 Å². The Morgan fingerprint density at radius 1 is 1.57 bits per heavy atom. The van der Waals surface area contributed by atoms with E-state index in [2.05, 4.69) is 15.3 Å². The summed E-state index contributed by atoms with van der Waals surface area (Å²) in [5.41, 5.74) is -0.373. The van der Waals surface area contributed by atoms with E-state index in [1.54, 1.807) is 0 Å². The van der Waals surface area contributed by atoms with Crippen LogP contribution < -0.4 is 11.0 Å². The second-order valence-electron chi connectivity index (χ2n) is 2.44. The molecule has 0 aliphatic carbocycles. The van der Waals surface area contributed by atoms with Gasteiger partial charge in [0.1, 0.15) is 12.4 Å². The topological polar surface area (TPSA) is 115 Å². The highest BCUT2D eigenvalue weighted by Crippen LogP contribution is 2.07. The normalized spacial score (nSPS) is 9.86. The van der Waals surface area contributed by atoms with Gasteiger partial charge < -0.3 is 20.5 Å². The highest BCUT2D eigenvalue weighted by molar-refractivity contribution is 5.91. The number of aliphatic hydroxyl groups excluding tert-OH is 2. The summed E-state index contributed by atoms with van der Waals surface area (Å²) in [6.45, 7) is -1.08. The fraction of sp³-hybridized carbons (Fsp3) is 0.286. The van der Waals surface area contributed by atoms with Crippen molar-refractivity contribution in [2.45, 2.75) is 6.61 Å². The molecule has 1 amide bonds. The molecule has 0 unspecified atom stereocenters. The molecule has 0 spiro atoms. The summed E-state index contributed by atoms with van der Waals surface area (Å²) in [6, 6.07) is 0. The number of hydrogen-bond donors (Lipinski definition) is 4. The maximum Gasteiger partial charge on any atom is 0.346 e. The van der Waals surface area contributed by atoms with E-state index in [-0.39, 0.29) is 18.0 Å². The van der Waals surface area contributed by atoms with Crippen LogP contribution in [-0.4, -0.2) is 32.7 Å². The second-order valence-corrected chi connectivity index (χ2v) is 2.44. The van der Waals surface area contributed by atoms with Gasteiger partial charge in [-0.25, -0.2) is 4.79 Å². The summed E-state index contributed by atoms with van der Waals surface area (Å²) in [5.74, 6) is -0.742. The van der Waals surface area contributed by atoms with Crippen molar-refractivity contribution in [2.75, 3.05) is 11.9 Å².